The number of benzene rings is 1. The number of amides is 2. The van der Waals surface area contributed by atoms with E-state index in [1.807, 2.05) is 32.0 Å². The summed E-state index contributed by atoms with van der Waals surface area (Å²) in [4.78, 5) is 21.9. The van der Waals surface area contributed by atoms with Crippen LogP contribution in [0, 0.1) is 13.8 Å². The zero-order valence-corrected chi connectivity index (χ0v) is 11.3. The second-order valence-electron chi connectivity index (χ2n) is 4.48. The van der Waals surface area contributed by atoms with E-state index in [1.165, 1.54) is 0 Å². The molecule has 0 unspecified atom stereocenters. The van der Waals surface area contributed by atoms with Crippen LogP contribution in [0.5, 0.6) is 0 Å². The Morgan fingerprint density at radius 1 is 1.21 bits per heavy atom. The van der Waals surface area contributed by atoms with Gasteiger partial charge in [-0.1, -0.05) is 12.1 Å². The summed E-state index contributed by atoms with van der Waals surface area (Å²) in [7, 11) is 0. The van der Waals surface area contributed by atoms with E-state index in [0.717, 1.165) is 16.8 Å². The normalized spacial score (nSPS) is 10.0. The number of aryl methyl sites for hydroxylation is 1. The number of aliphatic carboxylic acids is 1. The smallest absolute Gasteiger partial charge is 0.319 e. The molecule has 5 heteroatoms. The van der Waals surface area contributed by atoms with E-state index >= 15 is 0 Å². The number of hydrogen-bond acceptors (Lipinski definition) is 2. The van der Waals surface area contributed by atoms with Crippen molar-refractivity contribution in [3.8, 4) is 0 Å². The highest BCUT2D eigenvalue weighted by atomic mass is 16.4. The molecule has 0 fully saturated rings. The number of urea groups is 1. The number of rotatable bonds is 6. The van der Waals surface area contributed by atoms with Crippen LogP contribution in [0.15, 0.2) is 18.2 Å². The molecule has 1 rings (SSSR count). The Kier molecular flexibility index (Phi) is 5.85. The molecule has 5 nitrogen and oxygen atoms in total. The number of carboxylic acid groups (broad SMARTS) is 1. The van der Waals surface area contributed by atoms with Gasteiger partial charge in [-0.15, -0.1) is 0 Å². The fraction of sp³-hybridized carbons (Fsp3) is 0.429. The molecule has 0 spiro atoms. The minimum absolute atomic E-state index is 0.139. The Hall–Kier alpha value is -2.04. The first kappa shape index (κ1) is 15.0. The lowest BCUT2D eigenvalue weighted by Gasteiger charge is -2.11. The van der Waals surface area contributed by atoms with Crippen molar-refractivity contribution in [3.63, 3.8) is 0 Å². The SMILES string of the molecule is Cc1cccc(NC(=O)NCCCCC(=O)O)c1C. The standard InChI is InChI=1S/C14H20N2O3/c1-10-6-5-7-12(11(10)2)16-14(19)15-9-4-3-8-13(17)18/h5-7H,3-4,8-9H2,1-2H3,(H,17,18)(H2,15,16,19). The van der Waals surface area contributed by atoms with E-state index in [1.54, 1.807) is 0 Å². The quantitative estimate of drug-likeness (QED) is 0.691. The van der Waals surface area contributed by atoms with Gasteiger partial charge in [0.2, 0.25) is 0 Å². The second kappa shape index (κ2) is 7.41. The summed E-state index contributed by atoms with van der Waals surface area (Å²) in [5, 5.41) is 14.0. The van der Waals surface area contributed by atoms with Gasteiger partial charge in [0.05, 0.1) is 0 Å². The number of carboxylic acids is 1. The van der Waals surface area contributed by atoms with Gasteiger partial charge in [0.25, 0.3) is 0 Å². The van der Waals surface area contributed by atoms with E-state index in [0.29, 0.717) is 19.4 Å². The van der Waals surface area contributed by atoms with Crippen molar-refractivity contribution in [1.82, 2.24) is 5.32 Å². The van der Waals surface area contributed by atoms with Gasteiger partial charge in [-0.25, -0.2) is 4.79 Å². The van der Waals surface area contributed by atoms with Crippen LogP contribution in [0.4, 0.5) is 10.5 Å². The minimum atomic E-state index is -0.806. The maximum Gasteiger partial charge on any atom is 0.319 e. The van der Waals surface area contributed by atoms with E-state index in [9.17, 15) is 9.59 Å². The highest BCUT2D eigenvalue weighted by Crippen LogP contribution is 2.17. The minimum Gasteiger partial charge on any atom is -0.481 e. The van der Waals surface area contributed by atoms with Crippen LogP contribution in [0.25, 0.3) is 0 Å². The number of anilines is 1. The van der Waals surface area contributed by atoms with Gasteiger partial charge >= 0.3 is 12.0 Å². The van der Waals surface area contributed by atoms with E-state index in [4.69, 9.17) is 5.11 Å². The van der Waals surface area contributed by atoms with Gasteiger partial charge in [0, 0.05) is 18.7 Å². The molecule has 104 valence electrons. The van der Waals surface area contributed by atoms with Crippen LogP contribution in [-0.2, 0) is 4.79 Å². The molecule has 0 heterocycles. The molecule has 0 radical (unpaired) electrons. The van der Waals surface area contributed by atoms with Crippen molar-refractivity contribution >= 4 is 17.7 Å². The number of unbranched alkanes of at least 4 members (excludes halogenated alkanes) is 1. The van der Waals surface area contributed by atoms with E-state index in [2.05, 4.69) is 10.6 Å². The first-order valence-corrected chi connectivity index (χ1v) is 6.33. The van der Waals surface area contributed by atoms with Gasteiger partial charge in [-0.2, -0.15) is 0 Å². The van der Waals surface area contributed by atoms with Crippen molar-refractivity contribution in [2.45, 2.75) is 33.1 Å². The van der Waals surface area contributed by atoms with Crippen LogP contribution >= 0.6 is 0 Å². The van der Waals surface area contributed by atoms with Crippen LogP contribution in [0.3, 0.4) is 0 Å². The van der Waals surface area contributed by atoms with Gasteiger partial charge in [-0.3, -0.25) is 4.79 Å². The van der Waals surface area contributed by atoms with Gasteiger partial charge in [0.15, 0.2) is 0 Å². The average Bonchev–Trinajstić information content (AvgIpc) is 2.34. The maximum absolute atomic E-state index is 11.6. The van der Waals surface area contributed by atoms with E-state index in [-0.39, 0.29) is 12.5 Å². The molecule has 0 atom stereocenters. The van der Waals surface area contributed by atoms with E-state index < -0.39 is 5.97 Å². The molecule has 0 saturated carbocycles. The van der Waals surface area contributed by atoms with Crippen LogP contribution < -0.4 is 10.6 Å². The molecule has 3 N–H and O–H groups in total. The summed E-state index contributed by atoms with van der Waals surface area (Å²) in [6.45, 7) is 4.42. The molecule has 0 aromatic heterocycles. The van der Waals surface area contributed by atoms with Crippen molar-refractivity contribution in [2.75, 3.05) is 11.9 Å². The molecule has 1 aromatic rings. The third-order valence-electron chi connectivity index (χ3n) is 2.96. The number of hydrogen-bond donors (Lipinski definition) is 3. The maximum atomic E-state index is 11.6. The molecular weight excluding hydrogens is 244 g/mol. The summed E-state index contributed by atoms with van der Waals surface area (Å²) in [6, 6.07) is 5.48. The zero-order chi connectivity index (χ0) is 14.3. The Morgan fingerprint density at radius 2 is 1.95 bits per heavy atom. The topological polar surface area (TPSA) is 78.4 Å². The number of nitrogens with one attached hydrogen (secondary N) is 2. The summed E-state index contributed by atoms with van der Waals surface area (Å²) < 4.78 is 0. The highest BCUT2D eigenvalue weighted by Gasteiger charge is 2.05. The number of carbonyl (C=O) groups excluding carboxylic acids is 1. The number of carbonyl (C=O) groups is 2. The van der Waals surface area contributed by atoms with Crippen molar-refractivity contribution in [2.24, 2.45) is 0 Å². The highest BCUT2D eigenvalue weighted by molar-refractivity contribution is 5.90. The predicted molar refractivity (Wildman–Crippen MR) is 74.4 cm³/mol. The zero-order valence-electron chi connectivity index (χ0n) is 11.3. The van der Waals surface area contributed by atoms with Gasteiger partial charge < -0.3 is 15.7 Å². The molecular formula is C14H20N2O3. The molecule has 0 saturated heterocycles. The Bertz CT molecular complexity index is 458. The lowest BCUT2D eigenvalue weighted by Crippen LogP contribution is -2.29. The summed E-state index contributed by atoms with van der Waals surface area (Å²) in [5.74, 6) is -0.806. The second-order valence-corrected chi connectivity index (χ2v) is 4.48. The van der Waals surface area contributed by atoms with Crippen molar-refractivity contribution in [3.05, 3.63) is 29.3 Å². The Balaban J connectivity index is 2.31. The fourth-order valence-corrected chi connectivity index (χ4v) is 1.66. The molecule has 0 aliphatic rings. The van der Waals surface area contributed by atoms with Crippen LogP contribution in [0.1, 0.15) is 30.4 Å². The third-order valence-corrected chi connectivity index (χ3v) is 2.96. The molecule has 0 aliphatic carbocycles. The lowest BCUT2D eigenvalue weighted by atomic mass is 10.1. The van der Waals surface area contributed by atoms with Crippen molar-refractivity contribution in [1.29, 1.82) is 0 Å². The first-order valence-electron chi connectivity index (χ1n) is 6.33. The molecule has 1 aromatic carbocycles. The third kappa shape index (κ3) is 5.42. The molecule has 0 aliphatic heterocycles. The first-order chi connectivity index (χ1) is 9.00. The average molecular weight is 264 g/mol. The molecule has 19 heavy (non-hydrogen) atoms. The largest absolute Gasteiger partial charge is 0.481 e. The van der Waals surface area contributed by atoms with Crippen LogP contribution in [-0.4, -0.2) is 23.7 Å². The Labute approximate surface area is 113 Å². The van der Waals surface area contributed by atoms with Crippen molar-refractivity contribution < 1.29 is 14.7 Å². The summed E-state index contributed by atoms with van der Waals surface area (Å²) in [5.41, 5.74) is 2.96. The predicted octanol–water partition coefficient (Wildman–Crippen LogP) is 2.68. The molecule has 0 bridgehead atoms. The monoisotopic (exact) mass is 264 g/mol. The fourth-order valence-electron chi connectivity index (χ4n) is 1.66. The van der Waals surface area contributed by atoms with Gasteiger partial charge in [-0.05, 0) is 43.9 Å². The van der Waals surface area contributed by atoms with Gasteiger partial charge in [0.1, 0.15) is 0 Å². The summed E-state index contributed by atoms with van der Waals surface area (Å²) >= 11 is 0. The van der Waals surface area contributed by atoms with Crippen LogP contribution in [0.2, 0.25) is 0 Å². The Morgan fingerprint density at radius 3 is 2.63 bits per heavy atom. The summed E-state index contributed by atoms with van der Waals surface area (Å²) in [6.07, 6.45) is 1.37. The lowest BCUT2D eigenvalue weighted by molar-refractivity contribution is -0.137. The molecule has 2 amide bonds.